The van der Waals surface area contributed by atoms with Crippen molar-refractivity contribution < 1.29 is 4.79 Å². The molecule has 0 radical (unpaired) electrons. The van der Waals surface area contributed by atoms with Crippen molar-refractivity contribution in [2.45, 2.75) is 39.2 Å². The Morgan fingerprint density at radius 1 is 1.06 bits per heavy atom. The molecule has 0 unspecified atom stereocenters. The van der Waals surface area contributed by atoms with Gasteiger partial charge < -0.3 is 9.88 Å². The van der Waals surface area contributed by atoms with Crippen LogP contribution < -0.4 is 5.32 Å². The Balaban J connectivity index is 1.33. The zero-order valence-electron chi connectivity index (χ0n) is 17.2. The van der Waals surface area contributed by atoms with E-state index in [1.165, 1.54) is 24.2 Å². The van der Waals surface area contributed by atoms with Crippen LogP contribution in [0.5, 0.6) is 0 Å². The van der Waals surface area contributed by atoms with Crippen LogP contribution in [0.3, 0.4) is 0 Å². The summed E-state index contributed by atoms with van der Waals surface area (Å²) < 4.78 is 2.22. The first-order valence-corrected chi connectivity index (χ1v) is 11.2. The molecule has 4 aromatic rings. The van der Waals surface area contributed by atoms with Crippen molar-refractivity contribution in [2.75, 3.05) is 5.32 Å². The second-order valence-corrected chi connectivity index (χ2v) is 8.58. The van der Waals surface area contributed by atoms with E-state index in [0.717, 1.165) is 53.0 Å². The molecule has 0 saturated carbocycles. The fraction of sp³-hybridized carbons (Fsp3) is 0.261. The summed E-state index contributed by atoms with van der Waals surface area (Å²) in [4.78, 5) is 22.3. The van der Waals surface area contributed by atoms with Crippen molar-refractivity contribution in [3.8, 4) is 22.1 Å². The first kappa shape index (κ1) is 19.6. The molecule has 0 atom stereocenters. The molecule has 1 amide bonds. The highest BCUT2D eigenvalue weighted by molar-refractivity contribution is 7.17. The molecular formula is C23H22N6OS. The third-order valence-corrected chi connectivity index (χ3v) is 6.58. The molecule has 0 bridgehead atoms. The number of nitrogens with zero attached hydrogens (tertiary/aromatic N) is 5. The van der Waals surface area contributed by atoms with E-state index in [1.807, 2.05) is 49.4 Å². The third kappa shape index (κ3) is 3.98. The molecule has 1 aromatic carbocycles. The zero-order chi connectivity index (χ0) is 21.2. The predicted molar refractivity (Wildman–Crippen MR) is 121 cm³/mol. The fourth-order valence-electron chi connectivity index (χ4n) is 3.79. The number of thiazole rings is 1. The average molecular weight is 431 g/mol. The van der Waals surface area contributed by atoms with E-state index >= 15 is 0 Å². The van der Waals surface area contributed by atoms with Crippen LogP contribution in [0, 0.1) is 6.92 Å². The highest BCUT2D eigenvalue weighted by Gasteiger charge is 2.18. The predicted octanol–water partition coefficient (Wildman–Crippen LogP) is 4.75. The molecule has 1 aliphatic rings. The largest absolute Gasteiger partial charge is 0.321 e. The Bertz CT molecular complexity index is 1210. The molecule has 3 aromatic heterocycles. The molecule has 1 N–H and O–H groups in total. The van der Waals surface area contributed by atoms with Crippen molar-refractivity contribution >= 4 is 22.9 Å². The molecule has 0 fully saturated rings. The molecule has 7 nitrogen and oxygen atoms in total. The van der Waals surface area contributed by atoms with E-state index in [1.54, 1.807) is 6.20 Å². The van der Waals surface area contributed by atoms with Crippen LogP contribution in [0.4, 0.5) is 5.69 Å². The van der Waals surface area contributed by atoms with Crippen molar-refractivity contribution in [1.29, 1.82) is 0 Å². The maximum Gasteiger partial charge on any atom is 0.267 e. The number of amides is 1. The molecule has 156 valence electrons. The van der Waals surface area contributed by atoms with Gasteiger partial charge in [0.25, 0.3) is 5.91 Å². The summed E-state index contributed by atoms with van der Waals surface area (Å²) in [5, 5.41) is 12.5. The van der Waals surface area contributed by atoms with Crippen LogP contribution in [0.2, 0.25) is 0 Å². The van der Waals surface area contributed by atoms with E-state index in [-0.39, 0.29) is 5.91 Å². The van der Waals surface area contributed by atoms with Crippen LogP contribution in [-0.2, 0) is 13.0 Å². The summed E-state index contributed by atoms with van der Waals surface area (Å²) in [6.07, 6.45) is 6.26. The quantitative estimate of drug-likeness (QED) is 0.505. The van der Waals surface area contributed by atoms with Crippen molar-refractivity contribution in [3.63, 3.8) is 0 Å². The van der Waals surface area contributed by atoms with Gasteiger partial charge in [0.1, 0.15) is 15.7 Å². The minimum absolute atomic E-state index is 0.165. The first-order valence-electron chi connectivity index (χ1n) is 10.4. The Hall–Kier alpha value is -3.39. The number of benzene rings is 1. The third-order valence-electron chi connectivity index (χ3n) is 5.40. The van der Waals surface area contributed by atoms with Gasteiger partial charge in [-0.05, 0) is 56.2 Å². The number of aryl methyl sites for hydroxylation is 2. The van der Waals surface area contributed by atoms with Gasteiger partial charge in [-0.3, -0.25) is 9.78 Å². The molecule has 5 rings (SSSR count). The van der Waals surface area contributed by atoms with Crippen molar-refractivity contribution in [1.82, 2.24) is 24.7 Å². The lowest BCUT2D eigenvalue weighted by Gasteiger charge is -2.08. The zero-order valence-corrected chi connectivity index (χ0v) is 18.0. The SMILES string of the molecule is Cc1nc(-c2ccccn2)sc1C(=O)Nc1ccc(-c2nnc3n2CCCCC3)cc1. The fourth-order valence-corrected chi connectivity index (χ4v) is 4.73. The first-order chi connectivity index (χ1) is 15.2. The van der Waals surface area contributed by atoms with Crippen LogP contribution in [-0.4, -0.2) is 30.6 Å². The van der Waals surface area contributed by atoms with Gasteiger partial charge in [-0.2, -0.15) is 0 Å². The summed E-state index contributed by atoms with van der Waals surface area (Å²) in [7, 11) is 0. The van der Waals surface area contributed by atoms with E-state index in [4.69, 9.17) is 0 Å². The molecule has 1 aliphatic heterocycles. The van der Waals surface area contributed by atoms with Crippen LogP contribution in [0.15, 0.2) is 48.7 Å². The lowest BCUT2D eigenvalue weighted by molar-refractivity contribution is 0.103. The lowest BCUT2D eigenvalue weighted by Crippen LogP contribution is -2.11. The smallest absolute Gasteiger partial charge is 0.267 e. The summed E-state index contributed by atoms with van der Waals surface area (Å²) >= 11 is 1.35. The van der Waals surface area contributed by atoms with Crippen LogP contribution in [0.25, 0.3) is 22.1 Å². The van der Waals surface area contributed by atoms with E-state index in [9.17, 15) is 4.79 Å². The van der Waals surface area contributed by atoms with Crippen molar-refractivity contribution in [3.05, 3.63) is 65.1 Å². The highest BCUT2D eigenvalue weighted by Crippen LogP contribution is 2.28. The molecule has 0 aliphatic carbocycles. The summed E-state index contributed by atoms with van der Waals surface area (Å²) in [5.74, 6) is 1.80. The number of hydrogen-bond acceptors (Lipinski definition) is 6. The number of aromatic nitrogens is 5. The van der Waals surface area contributed by atoms with Gasteiger partial charge in [0.15, 0.2) is 5.82 Å². The minimum Gasteiger partial charge on any atom is -0.321 e. The standard InChI is InChI=1S/C23H22N6OS/c1-15-20(31-23(25-15)18-7-4-5-13-24-18)22(30)26-17-11-9-16(10-12-17)21-28-27-19-8-3-2-6-14-29(19)21/h4-5,7,9-13H,2-3,6,8,14H2,1H3,(H,26,30). The van der Waals surface area contributed by atoms with E-state index in [2.05, 4.69) is 30.0 Å². The van der Waals surface area contributed by atoms with E-state index in [0.29, 0.717) is 10.6 Å². The van der Waals surface area contributed by atoms with Gasteiger partial charge in [-0.25, -0.2) is 4.98 Å². The number of carbonyl (C=O) groups excluding carboxylic acids is 1. The number of fused-ring (bicyclic) bond motifs is 1. The Kier molecular flexibility index (Phi) is 5.30. The average Bonchev–Trinajstić information content (AvgIpc) is 3.30. The molecule has 0 spiro atoms. The van der Waals surface area contributed by atoms with Gasteiger partial charge in [-0.15, -0.1) is 21.5 Å². The number of pyridine rings is 1. The van der Waals surface area contributed by atoms with Gasteiger partial charge >= 0.3 is 0 Å². The number of anilines is 1. The molecule has 0 saturated heterocycles. The van der Waals surface area contributed by atoms with Gasteiger partial charge in [0.2, 0.25) is 0 Å². The van der Waals surface area contributed by atoms with Crippen LogP contribution >= 0.6 is 11.3 Å². The maximum absolute atomic E-state index is 12.8. The topological polar surface area (TPSA) is 85.6 Å². The van der Waals surface area contributed by atoms with Crippen molar-refractivity contribution in [2.24, 2.45) is 0 Å². The van der Waals surface area contributed by atoms with Gasteiger partial charge in [0.05, 0.1) is 11.4 Å². The second kappa shape index (κ2) is 8.39. The molecule has 8 heteroatoms. The number of nitrogens with one attached hydrogen (secondary N) is 1. The maximum atomic E-state index is 12.8. The number of hydrogen-bond donors (Lipinski definition) is 1. The van der Waals surface area contributed by atoms with Gasteiger partial charge in [-0.1, -0.05) is 12.5 Å². The lowest BCUT2D eigenvalue weighted by atomic mass is 10.2. The van der Waals surface area contributed by atoms with E-state index < -0.39 is 0 Å². The summed E-state index contributed by atoms with van der Waals surface area (Å²) in [5.41, 5.74) is 3.21. The monoisotopic (exact) mass is 430 g/mol. The van der Waals surface area contributed by atoms with Gasteiger partial charge in [0, 0.05) is 30.4 Å². The normalized spacial score (nSPS) is 13.5. The Morgan fingerprint density at radius 2 is 1.94 bits per heavy atom. The Morgan fingerprint density at radius 3 is 2.74 bits per heavy atom. The van der Waals surface area contributed by atoms with Crippen LogP contribution in [0.1, 0.15) is 40.5 Å². The molecule has 4 heterocycles. The Labute approximate surface area is 184 Å². The summed E-state index contributed by atoms with van der Waals surface area (Å²) in [6.45, 7) is 2.80. The second-order valence-electron chi connectivity index (χ2n) is 7.58. The molecule has 31 heavy (non-hydrogen) atoms. The number of carbonyl (C=O) groups is 1. The minimum atomic E-state index is -0.165. The molecular weight excluding hydrogens is 408 g/mol. The summed E-state index contributed by atoms with van der Waals surface area (Å²) in [6, 6.07) is 13.4. The number of rotatable bonds is 4. The highest BCUT2D eigenvalue weighted by atomic mass is 32.1.